The number of carboxylic acids is 1. The van der Waals surface area contributed by atoms with Gasteiger partial charge in [0.05, 0.1) is 11.1 Å². The number of ketones is 1. The van der Waals surface area contributed by atoms with E-state index >= 15 is 0 Å². The molecule has 0 saturated carbocycles. The largest absolute Gasteiger partial charge is 0.478 e. The highest BCUT2D eigenvalue weighted by Gasteiger charge is 2.22. The quantitative estimate of drug-likeness (QED) is 0.433. The SMILES string of the molecule is N#C/C(=C\c1ccccc1)C(=O)Cc1scc(-c2ccc(Cl)cc2)c1C(=O)O. The Morgan fingerprint density at radius 2 is 1.79 bits per heavy atom. The van der Waals surface area contributed by atoms with E-state index in [1.165, 1.54) is 17.4 Å². The van der Waals surface area contributed by atoms with Crippen LogP contribution in [0.4, 0.5) is 0 Å². The standard InChI is InChI=1S/C22H14ClNO3S/c23-17-8-6-15(7-9-17)18-13-28-20(21(18)22(26)27)11-19(25)16(12-24)10-14-4-2-1-3-5-14/h1-10,13H,11H2,(H,26,27)/b16-10+. The van der Waals surface area contributed by atoms with Gasteiger partial charge in [-0.1, -0.05) is 54.1 Å². The van der Waals surface area contributed by atoms with E-state index in [1.807, 2.05) is 24.3 Å². The van der Waals surface area contributed by atoms with Crippen molar-refractivity contribution in [1.29, 1.82) is 5.26 Å². The van der Waals surface area contributed by atoms with Crippen LogP contribution < -0.4 is 0 Å². The van der Waals surface area contributed by atoms with Crippen molar-refractivity contribution in [3.05, 3.63) is 86.6 Å². The second kappa shape index (κ2) is 8.66. The number of allylic oxidation sites excluding steroid dienone is 1. The molecule has 1 N–H and O–H groups in total. The first kappa shape index (κ1) is 19.6. The number of carbonyl (C=O) groups excluding carboxylic acids is 1. The average molecular weight is 408 g/mol. The third-order valence-electron chi connectivity index (χ3n) is 4.09. The van der Waals surface area contributed by atoms with Crippen molar-refractivity contribution in [3.8, 4) is 17.2 Å². The van der Waals surface area contributed by atoms with Gasteiger partial charge in [0.25, 0.3) is 0 Å². The van der Waals surface area contributed by atoms with Crippen LogP contribution >= 0.6 is 22.9 Å². The smallest absolute Gasteiger partial charge is 0.337 e. The zero-order chi connectivity index (χ0) is 20.1. The maximum Gasteiger partial charge on any atom is 0.337 e. The second-order valence-electron chi connectivity index (χ2n) is 5.94. The molecule has 1 heterocycles. The minimum Gasteiger partial charge on any atom is -0.478 e. The van der Waals surface area contributed by atoms with Crippen molar-refractivity contribution < 1.29 is 14.7 Å². The Labute approximate surface area is 170 Å². The Kier molecular flexibility index (Phi) is 6.05. The molecule has 3 rings (SSSR count). The fourth-order valence-electron chi connectivity index (χ4n) is 2.74. The molecule has 0 unspecified atom stereocenters. The van der Waals surface area contributed by atoms with E-state index in [1.54, 1.807) is 41.8 Å². The molecule has 2 aromatic carbocycles. The lowest BCUT2D eigenvalue weighted by molar-refractivity contribution is -0.114. The fourth-order valence-corrected chi connectivity index (χ4v) is 3.91. The summed E-state index contributed by atoms with van der Waals surface area (Å²) in [5, 5.41) is 21.3. The molecule has 6 heteroatoms. The summed E-state index contributed by atoms with van der Waals surface area (Å²) in [6, 6.07) is 17.8. The molecular formula is C22H14ClNO3S. The molecule has 0 bridgehead atoms. The third-order valence-corrected chi connectivity index (χ3v) is 5.33. The molecule has 0 aliphatic carbocycles. The molecule has 0 fully saturated rings. The van der Waals surface area contributed by atoms with E-state index in [0.29, 0.717) is 21.0 Å². The number of rotatable bonds is 6. The van der Waals surface area contributed by atoms with E-state index in [0.717, 1.165) is 5.56 Å². The van der Waals surface area contributed by atoms with Crippen LogP contribution in [0.25, 0.3) is 17.2 Å². The Morgan fingerprint density at radius 1 is 1.11 bits per heavy atom. The molecule has 0 spiro atoms. The summed E-state index contributed by atoms with van der Waals surface area (Å²) >= 11 is 7.09. The molecule has 138 valence electrons. The highest BCUT2D eigenvalue weighted by Crippen LogP contribution is 2.33. The number of thiophene rings is 1. The Bertz CT molecular complexity index is 1090. The molecule has 0 amide bonds. The Morgan fingerprint density at radius 3 is 2.39 bits per heavy atom. The number of hydrogen-bond donors (Lipinski definition) is 1. The van der Waals surface area contributed by atoms with Crippen LogP contribution in [0.2, 0.25) is 5.02 Å². The van der Waals surface area contributed by atoms with Crippen molar-refractivity contribution >= 4 is 40.8 Å². The maximum atomic E-state index is 12.6. The summed E-state index contributed by atoms with van der Waals surface area (Å²) in [7, 11) is 0. The van der Waals surface area contributed by atoms with Gasteiger partial charge in [-0.3, -0.25) is 4.79 Å². The van der Waals surface area contributed by atoms with Gasteiger partial charge in [0, 0.05) is 21.9 Å². The number of nitriles is 1. The molecular weight excluding hydrogens is 394 g/mol. The number of nitrogens with zero attached hydrogens (tertiary/aromatic N) is 1. The predicted octanol–water partition coefficient (Wildman–Crippen LogP) is 5.49. The summed E-state index contributed by atoms with van der Waals surface area (Å²) in [4.78, 5) is 24.9. The van der Waals surface area contributed by atoms with Crippen LogP contribution in [0.5, 0.6) is 0 Å². The minimum atomic E-state index is -1.11. The maximum absolute atomic E-state index is 12.6. The monoisotopic (exact) mass is 407 g/mol. The summed E-state index contributed by atoms with van der Waals surface area (Å²) in [6.45, 7) is 0. The van der Waals surface area contributed by atoms with Gasteiger partial charge in [0.1, 0.15) is 6.07 Å². The number of aromatic carboxylic acids is 1. The fraction of sp³-hybridized carbons (Fsp3) is 0.0455. The van der Waals surface area contributed by atoms with Gasteiger partial charge < -0.3 is 5.11 Å². The van der Waals surface area contributed by atoms with Gasteiger partial charge in [-0.15, -0.1) is 11.3 Å². The van der Waals surface area contributed by atoms with E-state index in [4.69, 9.17) is 11.6 Å². The highest BCUT2D eigenvalue weighted by atomic mass is 35.5. The summed E-state index contributed by atoms with van der Waals surface area (Å²) in [5.41, 5.74) is 2.04. The van der Waals surface area contributed by atoms with Crippen LogP contribution in [0, 0.1) is 11.3 Å². The van der Waals surface area contributed by atoms with Gasteiger partial charge in [-0.25, -0.2) is 4.79 Å². The third kappa shape index (κ3) is 4.37. The first-order valence-corrected chi connectivity index (χ1v) is 9.55. The first-order valence-electron chi connectivity index (χ1n) is 8.29. The van der Waals surface area contributed by atoms with Gasteiger partial charge in [0.2, 0.25) is 0 Å². The van der Waals surface area contributed by atoms with Crippen molar-refractivity contribution in [1.82, 2.24) is 0 Å². The summed E-state index contributed by atoms with van der Waals surface area (Å²) in [6.07, 6.45) is 1.36. The van der Waals surface area contributed by atoms with Gasteiger partial charge in [0.15, 0.2) is 5.78 Å². The number of carboxylic acid groups (broad SMARTS) is 1. The molecule has 1 aromatic heterocycles. The number of benzene rings is 2. The van der Waals surface area contributed by atoms with Crippen molar-refractivity contribution in [2.45, 2.75) is 6.42 Å². The van der Waals surface area contributed by atoms with Crippen LogP contribution in [0.1, 0.15) is 20.8 Å². The van der Waals surface area contributed by atoms with Crippen molar-refractivity contribution in [3.63, 3.8) is 0 Å². The van der Waals surface area contributed by atoms with E-state index in [2.05, 4.69) is 0 Å². The Hall–Kier alpha value is -3.20. The average Bonchev–Trinajstić information content (AvgIpc) is 3.11. The topological polar surface area (TPSA) is 78.2 Å². The molecule has 0 radical (unpaired) electrons. The molecule has 28 heavy (non-hydrogen) atoms. The molecule has 0 atom stereocenters. The first-order chi connectivity index (χ1) is 13.5. The van der Waals surface area contributed by atoms with Crippen molar-refractivity contribution in [2.75, 3.05) is 0 Å². The number of carbonyl (C=O) groups is 2. The number of Topliss-reactive ketones (excluding diaryl/α,β-unsaturated/α-hetero) is 1. The van der Waals surface area contributed by atoms with E-state index in [9.17, 15) is 20.0 Å². The van der Waals surface area contributed by atoms with Gasteiger partial charge in [-0.2, -0.15) is 5.26 Å². The highest BCUT2D eigenvalue weighted by molar-refractivity contribution is 7.11. The van der Waals surface area contributed by atoms with Gasteiger partial charge in [-0.05, 0) is 34.7 Å². The van der Waals surface area contributed by atoms with E-state index in [-0.39, 0.29) is 17.6 Å². The minimum absolute atomic E-state index is 0.0102. The molecule has 0 aliphatic heterocycles. The normalized spacial score (nSPS) is 11.1. The number of hydrogen-bond acceptors (Lipinski definition) is 4. The zero-order valence-electron chi connectivity index (χ0n) is 14.6. The van der Waals surface area contributed by atoms with Crippen LogP contribution in [0.3, 0.4) is 0 Å². The molecule has 4 nitrogen and oxygen atoms in total. The van der Waals surface area contributed by atoms with Crippen LogP contribution in [-0.2, 0) is 11.2 Å². The second-order valence-corrected chi connectivity index (χ2v) is 7.34. The molecule has 3 aromatic rings. The lowest BCUT2D eigenvalue weighted by Crippen LogP contribution is -2.08. The van der Waals surface area contributed by atoms with E-state index < -0.39 is 11.8 Å². The van der Waals surface area contributed by atoms with Crippen LogP contribution in [-0.4, -0.2) is 16.9 Å². The Balaban J connectivity index is 1.93. The summed E-state index contributed by atoms with van der Waals surface area (Å²) < 4.78 is 0. The lowest BCUT2D eigenvalue weighted by Gasteiger charge is -2.04. The van der Waals surface area contributed by atoms with Crippen molar-refractivity contribution in [2.24, 2.45) is 0 Å². The number of halogens is 1. The van der Waals surface area contributed by atoms with Crippen LogP contribution in [0.15, 0.2) is 65.6 Å². The predicted molar refractivity (Wildman–Crippen MR) is 110 cm³/mol. The van der Waals surface area contributed by atoms with Gasteiger partial charge >= 0.3 is 5.97 Å². The zero-order valence-corrected chi connectivity index (χ0v) is 16.1. The summed E-state index contributed by atoms with van der Waals surface area (Å²) in [5.74, 6) is -1.53. The molecule has 0 saturated heterocycles. The lowest BCUT2D eigenvalue weighted by atomic mass is 9.99. The molecule has 0 aliphatic rings.